The summed E-state index contributed by atoms with van der Waals surface area (Å²) in [5.74, 6) is 0. The van der Waals surface area contributed by atoms with Crippen molar-refractivity contribution in [1.29, 1.82) is 0 Å². The molecule has 1 aliphatic carbocycles. The van der Waals surface area contributed by atoms with Crippen LogP contribution < -0.4 is 6.54 Å². The maximum absolute atomic E-state index is 7.55. The molecule has 3 aromatic rings. The fourth-order valence-electron chi connectivity index (χ4n) is 3.56. The Labute approximate surface area is 151 Å². The molecule has 0 N–H and O–H groups in total. The van der Waals surface area contributed by atoms with Gasteiger partial charge in [0.05, 0.1) is 0 Å². The van der Waals surface area contributed by atoms with Gasteiger partial charge in [-0.05, 0) is 0 Å². The molecule has 0 unspecified atom stereocenters. The molecule has 3 aromatic carbocycles. The van der Waals surface area contributed by atoms with Gasteiger partial charge in [-0.2, -0.15) is 0 Å². The van der Waals surface area contributed by atoms with E-state index in [4.69, 9.17) is 17.0 Å². The maximum atomic E-state index is 7.55. The van der Waals surface area contributed by atoms with E-state index in [0.29, 0.717) is 0 Å². The standard InChI is InChI=1S/C9H7.2C6H5.2ClH.Zr/c1-2-5-9-7-3-6-8(9)4-1;2*1-2-4-6-5-3-1;;;/h1-2,4-6H,7H2;2*1-5H;2*1H;/q;;;;;+2/p-2. The topological polar surface area (TPSA) is 0 Å². The normalized spacial score (nSPS) is 15.2. The first-order valence-electron chi connectivity index (χ1n) is 8.06. The molecule has 1 aliphatic rings. The van der Waals surface area contributed by atoms with Crippen molar-refractivity contribution in [3.05, 3.63) is 99.3 Å². The molecule has 0 fully saturated rings. The number of benzene rings is 3. The molecule has 3 heteroatoms. The Morgan fingerprint density at radius 3 is 1.67 bits per heavy atom. The summed E-state index contributed by atoms with van der Waals surface area (Å²) < 4.78 is 3.35. The van der Waals surface area contributed by atoms with Crippen LogP contribution in [-0.2, 0) is 22.8 Å². The molecule has 24 heavy (non-hydrogen) atoms. The molecule has 0 saturated carbocycles. The first kappa shape index (κ1) is 16.3. The van der Waals surface area contributed by atoms with Crippen LogP contribution in [0.3, 0.4) is 0 Å². The van der Waals surface area contributed by atoms with E-state index in [2.05, 4.69) is 54.6 Å². The first-order valence-corrected chi connectivity index (χ1v) is 18.1. The van der Waals surface area contributed by atoms with Crippen molar-refractivity contribution in [2.24, 2.45) is 0 Å². The van der Waals surface area contributed by atoms with Crippen molar-refractivity contribution in [1.82, 2.24) is 0 Å². The second kappa shape index (κ2) is 5.99. The van der Waals surface area contributed by atoms with Crippen LogP contribution >= 0.6 is 17.0 Å². The molecule has 0 heterocycles. The molecule has 0 radical (unpaired) electrons. The number of fused-ring (bicyclic) bond motifs is 1. The molecule has 0 atom stereocenters. The van der Waals surface area contributed by atoms with Gasteiger partial charge in [-0.1, -0.05) is 0 Å². The van der Waals surface area contributed by atoms with Crippen molar-refractivity contribution >= 4 is 29.6 Å². The first-order chi connectivity index (χ1) is 11.6. The van der Waals surface area contributed by atoms with Crippen LogP contribution in [0.2, 0.25) is 0 Å². The van der Waals surface area contributed by atoms with Crippen molar-refractivity contribution in [2.45, 2.75) is 6.42 Å². The number of allylic oxidation sites excluding steroid dienone is 1. The summed E-state index contributed by atoms with van der Waals surface area (Å²) in [5, 5.41) is 0. The van der Waals surface area contributed by atoms with Crippen molar-refractivity contribution < 1.29 is 16.4 Å². The minimum absolute atomic E-state index is 0.832. The zero-order valence-electron chi connectivity index (χ0n) is 13.1. The van der Waals surface area contributed by atoms with Gasteiger partial charge in [-0.15, -0.1) is 0 Å². The van der Waals surface area contributed by atoms with E-state index in [1.54, 1.807) is 0 Å². The average Bonchev–Trinajstić information content (AvgIpc) is 3.09. The van der Waals surface area contributed by atoms with Crippen LogP contribution in [0.1, 0.15) is 11.1 Å². The van der Waals surface area contributed by atoms with Crippen LogP contribution in [0.5, 0.6) is 0 Å². The molecule has 0 nitrogen and oxygen atoms in total. The summed E-state index contributed by atoms with van der Waals surface area (Å²) >= 11 is -4.57. The summed E-state index contributed by atoms with van der Waals surface area (Å²) in [6.45, 7) is 0. The molecule has 0 amide bonds. The van der Waals surface area contributed by atoms with Crippen LogP contribution in [0.15, 0.2) is 88.2 Å². The van der Waals surface area contributed by atoms with Gasteiger partial charge in [0.1, 0.15) is 0 Å². The molecule has 0 aliphatic heterocycles. The van der Waals surface area contributed by atoms with E-state index in [1.807, 2.05) is 36.4 Å². The molecular weight excluding hydrogens is 414 g/mol. The number of halogens is 2. The Balaban J connectivity index is 1.97. The third-order valence-corrected chi connectivity index (χ3v) is 23.1. The average molecular weight is 431 g/mol. The van der Waals surface area contributed by atoms with Crippen LogP contribution in [0, 0.1) is 0 Å². The molecule has 119 valence electrons. The second-order valence-corrected chi connectivity index (χ2v) is 25.8. The molecule has 0 spiro atoms. The van der Waals surface area contributed by atoms with Crippen molar-refractivity contribution in [3.8, 4) is 0 Å². The SMILES string of the molecule is [Cl][Zr]([Cl])([C]1=Cc2ccccc2C1)([c]1ccccc1)[c]1ccccc1. The zero-order chi connectivity index (χ0) is 16.6. The van der Waals surface area contributed by atoms with E-state index in [1.165, 1.54) is 14.4 Å². The van der Waals surface area contributed by atoms with Crippen LogP contribution in [-0.4, -0.2) is 0 Å². The van der Waals surface area contributed by atoms with E-state index in [0.717, 1.165) is 13.0 Å². The van der Waals surface area contributed by atoms with E-state index in [-0.39, 0.29) is 0 Å². The Bertz CT molecular complexity index is 871. The van der Waals surface area contributed by atoms with Gasteiger partial charge < -0.3 is 0 Å². The third-order valence-electron chi connectivity index (χ3n) is 4.89. The third kappa shape index (κ3) is 2.46. The van der Waals surface area contributed by atoms with Crippen molar-refractivity contribution in [2.75, 3.05) is 0 Å². The summed E-state index contributed by atoms with van der Waals surface area (Å²) in [4.78, 5) is 0. The number of hydrogen-bond acceptors (Lipinski definition) is 0. The van der Waals surface area contributed by atoms with E-state index >= 15 is 0 Å². The summed E-state index contributed by atoms with van der Waals surface area (Å²) in [7, 11) is 15.1. The van der Waals surface area contributed by atoms with Crippen LogP contribution in [0.25, 0.3) is 6.08 Å². The summed E-state index contributed by atoms with van der Waals surface area (Å²) in [5.41, 5.74) is 2.54. The van der Waals surface area contributed by atoms with E-state index in [9.17, 15) is 0 Å². The molecule has 0 aromatic heterocycles. The Kier molecular flexibility index (Phi) is 4.08. The second-order valence-electron chi connectivity index (χ2n) is 6.29. The monoisotopic (exact) mass is 429 g/mol. The Hall–Kier alpha value is -1.14. The van der Waals surface area contributed by atoms with Gasteiger partial charge in [0, 0.05) is 0 Å². The zero-order valence-corrected chi connectivity index (χ0v) is 17.1. The van der Waals surface area contributed by atoms with Crippen molar-refractivity contribution in [3.63, 3.8) is 0 Å². The molecular formula is C21H17Cl2Zr. The predicted molar refractivity (Wildman–Crippen MR) is 102 cm³/mol. The Morgan fingerprint density at radius 1 is 0.625 bits per heavy atom. The number of hydrogen-bond donors (Lipinski definition) is 0. The van der Waals surface area contributed by atoms with E-state index < -0.39 is 16.4 Å². The quantitative estimate of drug-likeness (QED) is 0.533. The minimum atomic E-state index is -4.57. The van der Waals surface area contributed by atoms with Gasteiger partial charge in [0.2, 0.25) is 0 Å². The van der Waals surface area contributed by atoms with Gasteiger partial charge >= 0.3 is 152 Å². The van der Waals surface area contributed by atoms with Crippen LogP contribution in [0.4, 0.5) is 0 Å². The van der Waals surface area contributed by atoms with Gasteiger partial charge in [-0.3, -0.25) is 0 Å². The van der Waals surface area contributed by atoms with Gasteiger partial charge in [0.25, 0.3) is 0 Å². The van der Waals surface area contributed by atoms with Gasteiger partial charge in [0.15, 0.2) is 0 Å². The number of rotatable bonds is 3. The fraction of sp³-hybridized carbons (Fsp3) is 0.0476. The molecule has 4 rings (SSSR count). The fourth-order valence-corrected chi connectivity index (χ4v) is 16.7. The molecule has 0 bridgehead atoms. The molecule has 0 saturated heterocycles. The summed E-state index contributed by atoms with van der Waals surface area (Å²) in [6.07, 6.45) is 3.05. The predicted octanol–water partition coefficient (Wildman–Crippen LogP) is 5.23. The van der Waals surface area contributed by atoms with Gasteiger partial charge in [-0.25, -0.2) is 0 Å². The summed E-state index contributed by atoms with van der Waals surface area (Å²) in [6, 6.07) is 28.9. The Morgan fingerprint density at radius 2 is 1.12 bits per heavy atom.